The minimum absolute atomic E-state index is 0.178. The molecule has 0 unspecified atom stereocenters. The highest BCUT2D eigenvalue weighted by Crippen LogP contribution is 2.31. The van der Waals surface area contributed by atoms with Crippen LogP contribution in [-0.2, 0) is 0 Å². The summed E-state index contributed by atoms with van der Waals surface area (Å²) in [6, 6.07) is 1.08. The van der Waals surface area contributed by atoms with Crippen molar-refractivity contribution in [2.75, 3.05) is 6.61 Å². The van der Waals surface area contributed by atoms with E-state index in [4.69, 9.17) is 0 Å². The Kier molecular flexibility index (Phi) is 6.46. The van der Waals surface area contributed by atoms with Gasteiger partial charge < -0.3 is 5.11 Å². The molecule has 2 nitrogen and oxygen atoms in total. The summed E-state index contributed by atoms with van der Waals surface area (Å²) in [5.74, 6) is 0. The van der Waals surface area contributed by atoms with E-state index < -0.39 is 0 Å². The SMILES string of the molecule is CCC(CC)(CCO)N(C(C)C)C(C)C. The van der Waals surface area contributed by atoms with Gasteiger partial charge in [0.15, 0.2) is 0 Å². The first-order chi connectivity index (χ1) is 6.95. The van der Waals surface area contributed by atoms with Crippen LogP contribution in [0, 0.1) is 0 Å². The highest BCUT2D eigenvalue weighted by molar-refractivity contribution is 4.91. The highest BCUT2D eigenvalue weighted by atomic mass is 16.3. The summed E-state index contributed by atoms with van der Waals surface area (Å²) >= 11 is 0. The number of nitrogens with zero attached hydrogens (tertiary/aromatic N) is 1. The number of hydrogen-bond acceptors (Lipinski definition) is 2. The summed E-state index contributed by atoms with van der Waals surface area (Å²) in [5.41, 5.74) is 0.178. The molecule has 0 rings (SSSR count). The first-order valence-corrected chi connectivity index (χ1v) is 6.34. The minimum atomic E-state index is 0.178. The van der Waals surface area contributed by atoms with Gasteiger partial charge >= 0.3 is 0 Å². The van der Waals surface area contributed by atoms with Crippen LogP contribution in [0.15, 0.2) is 0 Å². The third-order valence-electron chi connectivity index (χ3n) is 3.55. The molecule has 0 saturated carbocycles. The smallest absolute Gasteiger partial charge is 0.0448 e. The fourth-order valence-electron chi connectivity index (χ4n) is 3.00. The van der Waals surface area contributed by atoms with E-state index in [0.29, 0.717) is 12.1 Å². The van der Waals surface area contributed by atoms with Crippen LogP contribution in [0.25, 0.3) is 0 Å². The Morgan fingerprint density at radius 1 is 1.00 bits per heavy atom. The van der Waals surface area contributed by atoms with Crippen molar-refractivity contribution in [2.45, 2.75) is 78.4 Å². The molecule has 0 amide bonds. The summed E-state index contributed by atoms with van der Waals surface area (Å²) in [6.07, 6.45) is 3.11. The lowest BCUT2D eigenvalue weighted by atomic mass is 9.85. The zero-order chi connectivity index (χ0) is 12.1. The van der Waals surface area contributed by atoms with Gasteiger partial charge in [0.05, 0.1) is 0 Å². The largest absolute Gasteiger partial charge is 0.396 e. The fraction of sp³-hybridized carbons (Fsp3) is 1.00. The molecule has 1 N–H and O–H groups in total. The van der Waals surface area contributed by atoms with Crippen LogP contribution in [0.5, 0.6) is 0 Å². The quantitative estimate of drug-likeness (QED) is 0.705. The molecule has 0 fully saturated rings. The van der Waals surface area contributed by atoms with Gasteiger partial charge in [-0.05, 0) is 47.0 Å². The molecule has 0 bridgehead atoms. The molecule has 0 radical (unpaired) electrons. The molecule has 0 atom stereocenters. The predicted octanol–water partition coefficient (Wildman–Crippen LogP) is 3.05. The maximum atomic E-state index is 9.25. The van der Waals surface area contributed by atoms with Crippen molar-refractivity contribution in [3.05, 3.63) is 0 Å². The molecule has 0 aromatic carbocycles. The second-order valence-electron chi connectivity index (χ2n) is 5.00. The summed E-state index contributed by atoms with van der Waals surface area (Å²) < 4.78 is 0. The molecule has 0 saturated heterocycles. The van der Waals surface area contributed by atoms with Crippen molar-refractivity contribution >= 4 is 0 Å². The summed E-state index contributed by atoms with van der Waals surface area (Å²) in [5, 5.41) is 9.25. The van der Waals surface area contributed by atoms with Gasteiger partial charge in [0, 0.05) is 24.2 Å². The van der Waals surface area contributed by atoms with Crippen LogP contribution in [-0.4, -0.2) is 34.2 Å². The maximum absolute atomic E-state index is 9.25. The fourth-order valence-corrected chi connectivity index (χ4v) is 3.00. The zero-order valence-corrected chi connectivity index (χ0v) is 11.4. The van der Waals surface area contributed by atoms with E-state index in [1.807, 2.05) is 0 Å². The van der Waals surface area contributed by atoms with Crippen molar-refractivity contribution in [3.8, 4) is 0 Å². The Balaban J connectivity index is 4.97. The Morgan fingerprint density at radius 2 is 1.40 bits per heavy atom. The Hall–Kier alpha value is -0.0800. The Labute approximate surface area is 95.7 Å². The predicted molar refractivity (Wildman–Crippen MR) is 67.1 cm³/mol. The molecular weight excluding hydrogens is 186 g/mol. The van der Waals surface area contributed by atoms with E-state index in [-0.39, 0.29) is 12.1 Å². The number of hydrogen-bond donors (Lipinski definition) is 1. The molecule has 0 spiro atoms. The van der Waals surface area contributed by atoms with Gasteiger partial charge in [-0.2, -0.15) is 0 Å². The van der Waals surface area contributed by atoms with E-state index >= 15 is 0 Å². The van der Waals surface area contributed by atoms with Crippen LogP contribution in [0.3, 0.4) is 0 Å². The molecule has 0 aromatic heterocycles. The van der Waals surface area contributed by atoms with Crippen molar-refractivity contribution in [3.63, 3.8) is 0 Å². The molecule has 0 aliphatic carbocycles. The van der Waals surface area contributed by atoms with E-state index in [2.05, 4.69) is 46.4 Å². The molecule has 15 heavy (non-hydrogen) atoms. The van der Waals surface area contributed by atoms with Gasteiger partial charge in [-0.1, -0.05) is 13.8 Å². The van der Waals surface area contributed by atoms with Gasteiger partial charge in [0.2, 0.25) is 0 Å². The Morgan fingerprint density at radius 3 is 1.60 bits per heavy atom. The van der Waals surface area contributed by atoms with Crippen LogP contribution in [0.2, 0.25) is 0 Å². The second-order valence-corrected chi connectivity index (χ2v) is 5.00. The number of rotatable bonds is 7. The molecule has 92 valence electrons. The summed E-state index contributed by atoms with van der Waals surface area (Å²) in [4.78, 5) is 2.56. The van der Waals surface area contributed by atoms with Crippen LogP contribution in [0.1, 0.15) is 60.8 Å². The lowest BCUT2D eigenvalue weighted by molar-refractivity contribution is 0.000867. The topological polar surface area (TPSA) is 23.5 Å². The highest BCUT2D eigenvalue weighted by Gasteiger charge is 2.35. The monoisotopic (exact) mass is 215 g/mol. The molecule has 0 aliphatic rings. The molecule has 0 heterocycles. The molecule has 0 aromatic rings. The summed E-state index contributed by atoms with van der Waals surface area (Å²) in [6.45, 7) is 13.7. The molecular formula is C13H29NO. The van der Waals surface area contributed by atoms with E-state index in [1.165, 1.54) is 0 Å². The zero-order valence-electron chi connectivity index (χ0n) is 11.4. The lowest BCUT2D eigenvalue weighted by Crippen LogP contribution is -2.55. The molecule has 0 aliphatic heterocycles. The average Bonchev–Trinajstić information content (AvgIpc) is 2.15. The van der Waals surface area contributed by atoms with Gasteiger partial charge in [-0.15, -0.1) is 0 Å². The second kappa shape index (κ2) is 6.49. The van der Waals surface area contributed by atoms with Crippen LogP contribution in [0.4, 0.5) is 0 Å². The number of aliphatic hydroxyl groups excluding tert-OH is 1. The number of aliphatic hydroxyl groups is 1. The van der Waals surface area contributed by atoms with Crippen LogP contribution >= 0.6 is 0 Å². The van der Waals surface area contributed by atoms with Gasteiger partial charge in [-0.3, -0.25) is 4.90 Å². The van der Waals surface area contributed by atoms with E-state index in [9.17, 15) is 5.11 Å². The first kappa shape index (κ1) is 14.9. The van der Waals surface area contributed by atoms with Gasteiger partial charge in [0.25, 0.3) is 0 Å². The van der Waals surface area contributed by atoms with Crippen molar-refractivity contribution in [1.82, 2.24) is 4.90 Å². The average molecular weight is 215 g/mol. The third kappa shape index (κ3) is 3.46. The minimum Gasteiger partial charge on any atom is -0.396 e. The first-order valence-electron chi connectivity index (χ1n) is 6.34. The van der Waals surface area contributed by atoms with E-state index in [0.717, 1.165) is 19.3 Å². The van der Waals surface area contributed by atoms with Crippen molar-refractivity contribution in [1.29, 1.82) is 0 Å². The lowest BCUT2D eigenvalue weighted by Gasteiger charge is -2.48. The van der Waals surface area contributed by atoms with E-state index in [1.54, 1.807) is 0 Å². The maximum Gasteiger partial charge on any atom is 0.0448 e. The van der Waals surface area contributed by atoms with Gasteiger partial charge in [-0.25, -0.2) is 0 Å². The standard InChI is InChI=1S/C13H29NO/c1-7-13(8-2,9-10-15)14(11(3)4)12(5)6/h11-12,15H,7-10H2,1-6H3. The van der Waals surface area contributed by atoms with Crippen molar-refractivity contribution < 1.29 is 5.11 Å². The normalized spacial score (nSPS) is 13.2. The Bertz CT molecular complexity index is 154. The third-order valence-corrected chi connectivity index (χ3v) is 3.55. The van der Waals surface area contributed by atoms with Gasteiger partial charge in [0.1, 0.15) is 0 Å². The summed E-state index contributed by atoms with van der Waals surface area (Å²) in [7, 11) is 0. The van der Waals surface area contributed by atoms with Crippen molar-refractivity contribution in [2.24, 2.45) is 0 Å². The molecule has 2 heteroatoms. The van der Waals surface area contributed by atoms with Crippen LogP contribution < -0.4 is 0 Å².